The Balaban J connectivity index is 1.81. The number of ketones is 1. The van der Waals surface area contributed by atoms with Gasteiger partial charge in [-0.1, -0.05) is 58.4 Å². The Kier molecular flexibility index (Phi) is 6.60. The third-order valence-electron chi connectivity index (χ3n) is 5.08. The molecule has 0 amide bonds. The molecule has 1 heterocycles. The lowest BCUT2D eigenvalue weighted by Crippen LogP contribution is -2.15. The van der Waals surface area contributed by atoms with Crippen LogP contribution < -0.4 is 0 Å². The van der Waals surface area contributed by atoms with Crippen LogP contribution in [0.25, 0.3) is 22.2 Å². The highest BCUT2D eigenvalue weighted by atomic mass is 79.9. The van der Waals surface area contributed by atoms with E-state index in [1.165, 1.54) is 6.07 Å². The Bertz CT molecular complexity index is 1490. The topological polar surface area (TPSA) is 143 Å². The number of ether oxygens (including phenoxy) is 1. The quantitative estimate of drug-likeness (QED) is 0.130. The molecule has 1 aromatic heterocycles. The molecule has 0 spiro atoms. The number of halogens is 1. The molecule has 0 atom stereocenters. The van der Waals surface area contributed by atoms with Gasteiger partial charge in [0.2, 0.25) is 0 Å². The Hall–Kier alpha value is -4.51. The molecule has 0 radical (unpaired) electrons. The number of hydrogen-bond acceptors (Lipinski definition) is 8. The molecule has 0 saturated heterocycles. The second-order valence-electron chi connectivity index (χ2n) is 7.30. The van der Waals surface area contributed by atoms with Crippen LogP contribution in [0.15, 0.2) is 77.3 Å². The molecule has 4 aromatic rings. The van der Waals surface area contributed by atoms with Crippen LogP contribution >= 0.6 is 15.9 Å². The van der Waals surface area contributed by atoms with Crippen LogP contribution in [0, 0.1) is 20.2 Å². The molecule has 174 valence electrons. The second-order valence-corrected chi connectivity index (χ2v) is 8.22. The fourth-order valence-electron chi connectivity index (χ4n) is 3.39. The van der Waals surface area contributed by atoms with E-state index in [1.807, 2.05) is 0 Å². The summed E-state index contributed by atoms with van der Waals surface area (Å²) in [5.41, 5.74) is -0.525. The summed E-state index contributed by atoms with van der Waals surface area (Å²) in [6.45, 7) is -0.595. The van der Waals surface area contributed by atoms with Crippen molar-refractivity contribution in [2.45, 2.75) is 0 Å². The van der Waals surface area contributed by atoms with Gasteiger partial charge in [-0.3, -0.25) is 25.0 Å². The number of benzene rings is 3. The average Bonchev–Trinajstić information content (AvgIpc) is 2.86. The number of carbonyl (C=O) groups is 2. The summed E-state index contributed by atoms with van der Waals surface area (Å²) in [5.74, 6) is -1.45. The van der Waals surface area contributed by atoms with Gasteiger partial charge in [0.15, 0.2) is 12.4 Å². The number of pyridine rings is 1. The van der Waals surface area contributed by atoms with Crippen molar-refractivity contribution < 1.29 is 24.2 Å². The fourth-order valence-corrected chi connectivity index (χ4v) is 3.66. The van der Waals surface area contributed by atoms with E-state index in [4.69, 9.17) is 4.74 Å². The molecule has 0 N–H and O–H groups in total. The molecule has 10 nitrogen and oxygen atoms in total. The zero-order valence-electron chi connectivity index (χ0n) is 17.7. The van der Waals surface area contributed by atoms with Gasteiger partial charge in [-0.15, -0.1) is 0 Å². The molecule has 3 aromatic carbocycles. The molecule has 4 rings (SSSR count). The molecule has 35 heavy (non-hydrogen) atoms. The summed E-state index contributed by atoms with van der Waals surface area (Å²) in [6, 6.07) is 18.2. The number of non-ortho nitro benzene ring substituents is 2. The van der Waals surface area contributed by atoms with Crippen LogP contribution in [0.3, 0.4) is 0 Å². The van der Waals surface area contributed by atoms with Gasteiger partial charge in [-0.05, 0) is 18.2 Å². The van der Waals surface area contributed by atoms with Crippen molar-refractivity contribution >= 4 is 50.0 Å². The van der Waals surface area contributed by atoms with Crippen molar-refractivity contribution in [1.82, 2.24) is 4.98 Å². The molecular weight excluding hydrogens is 522 g/mol. The zero-order valence-corrected chi connectivity index (χ0v) is 19.3. The molecule has 0 saturated carbocycles. The van der Waals surface area contributed by atoms with Crippen LogP contribution in [0.1, 0.15) is 20.7 Å². The Morgan fingerprint density at radius 3 is 2.23 bits per heavy atom. The number of nitro benzene ring substituents is 2. The van der Waals surface area contributed by atoms with Gasteiger partial charge in [0.25, 0.3) is 5.69 Å². The lowest BCUT2D eigenvalue weighted by molar-refractivity contribution is -0.393. The van der Waals surface area contributed by atoms with Gasteiger partial charge >= 0.3 is 11.7 Å². The fraction of sp³-hybridized carbons (Fsp3) is 0.0417. The maximum Gasteiger partial charge on any atom is 0.339 e. The molecule has 0 fully saturated rings. The summed E-state index contributed by atoms with van der Waals surface area (Å²) in [6.07, 6.45) is 0. The Morgan fingerprint density at radius 1 is 0.914 bits per heavy atom. The van der Waals surface area contributed by atoms with Gasteiger partial charge in [-0.2, -0.15) is 0 Å². The summed E-state index contributed by atoms with van der Waals surface area (Å²) in [4.78, 5) is 51.3. The highest BCUT2D eigenvalue weighted by molar-refractivity contribution is 9.10. The van der Waals surface area contributed by atoms with Crippen LogP contribution in [0.5, 0.6) is 0 Å². The van der Waals surface area contributed by atoms with Gasteiger partial charge in [0.1, 0.15) is 5.52 Å². The number of Topliss-reactive ketones (excluding diaryl/α,β-unsaturated/α-hetero) is 1. The third kappa shape index (κ3) is 5.04. The first kappa shape index (κ1) is 23.6. The van der Waals surface area contributed by atoms with Gasteiger partial charge in [0, 0.05) is 27.1 Å². The van der Waals surface area contributed by atoms with E-state index < -0.39 is 39.6 Å². The molecule has 0 aliphatic heterocycles. The van der Waals surface area contributed by atoms with Crippen LogP contribution in [-0.4, -0.2) is 33.2 Å². The van der Waals surface area contributed by atoms with Gasteiger partial charge < -0.3 is 4.74 Å². The Labute approximate surface area is 205 Å². The molecule has 0 bridgehead atoms. The predicted molar refractivity (Wildman–Crippen MR) is 129 cm³/mol. The highest BCUT2D eigenvalue weighted by Gasteiger charge is 2.26. The van der Waals surface area contributed by atoms with E-state index in [0.717, 1.165) is 16.6 Å². The lowest BCUT2D eigenvalue weighted by atomic mass is 10.0. The summed E-state index contributed by atoms with van der Waals surface area (Å²) < 4.78 is 5.98. The monoisotopic (exact) mass is 535 g/mol. The highest BCUT2D eigenvalue weighted by Crippen LogP contribution is 2.34. The van der Waals surface area contributed by atoms with E-state index in [1.54, 1.807) is 54.6 Å². The van der Waals surface area contributed by atoms with E-state index in [0.29, 0.717) is 11.1 Å². The maximum absolute atomic E-state index is 13.0. The van der Waals surface area contributed by atoms with Crippen molar-refractivity contribution in [2.75, 3.05) is 6.61 Å². The van der Waals surface area contributed by atoms with Crippen LogP contribution in [0.4, 0.5) is 11.4 Å². The van der Waals surface area contributed by atoms with E-state index in [-0.39, 0.29) is 22.2 Å². The summed E-state index contributed by atoms with van der Waals surface area (Å²) in [5, 5.41) is 22.9. The van der Waals surface area contributed by atoms with Crippen molar-refractivity contribution in [1.29, 1.82) is 0 Å². The molecule has 11 heteroatoms. The van der Waals surface area contributed by atoms with Crippen molar-refractivity contribution in [3.05, 3.63) is 109 Å². The number of nitro groups is 2. The minimum Gasteiger partial charge on any atom is -0.454 e. The smallest absolute Gasteiger partial charge is 0.339 e. The van der Waals surface area contributed by atoms with Crippen LogP contribution in [-0.2, 0) is 4.74 Å². The number of esters is 1. The van der Waals surface area contributed by atoms with E-state index in [9.17, 15) is 29.8 Å². The number of rotatable bonds is 7. The molecule has 0 aliphatic rings. The number of carbonyl (C=O) groups excluding carboxylic acids is 2. The molecule has 0 unspecified atom stereocenters. The van der Waals surface area contributed by atoms with Crippen molar-refractivity contribution in [3.63, 3.8) is 0 Å². The Morgan fingerprint density at radius 2 is 1.60 bits per heavy atom. The largest absolute Gasteiger partial charge is 0.454 e. The first-order valence-electron chi connectivity index (χ1n) is 10.0. The number of hydrogen-bond donors (Lipinski definition) is 0. The third-order valence-corrected chi connectivity index (χ3v) is 5.60. The predicted octanol–water partition coefficient (Wildman–Crippen LogP) is 5.52. The molecule has 0 aliphatic carbocycles. The minimum absolute atomic E-state index is 0.133. The first-order chi connectivity index (χ1) is 16.7. The SMILES string of the molecule is O=C(COC(=O)c1cc(-c2ccccc2)nc2c([N+](=O)[O-])cc([N+](=O)[O-])cc12)c1ccc(Br)cc1. The van der Waals surface area contributed by atoms with E-state index in [2.05, 4.69) is 20.9 Å². The van der Waals surface area contributed by atoms with Gasteiger partial charge in [0.05, 0.1) is 27.2 Å². The first-order valence-corrected chi connectivity index (χ1v) is 10.8. The normalized spacial score (nSPS) is 10.7. The van der Waals surface area contributed by atoms with Crippen molar-refractivity contribution in [2.24, 2.45) is 0 Å². The maximum atomic E-state index is 13.0. The standard InChI is InChI=1S/C24H14BrN3O7/c25-16-8-6-15(7-9-16)22(29)13-35-24(30)19-12-20(14-4-2-1-3-5-14)26-23-18(19)10-17(27(31)32)11-21(23)28(33)34/h1-12H,13H2. The number of nitrogens with zero attached hydrogens (tertiary/aromatic N) is 3. The van der Waals surface area contributed by atoms with Gasteiger partial charge in [-0.25, -0.2) is 9.78 Å². The second kappa shape index (κ2) is 9.77. The van der Waals surface area contributed by atoms with E-state index >= 15 is 0 Å². The lowest BCUT2D eigenvalue weighted by Gasteiger charge is -2.10. The number of aromatic nitrogens is 1. The number of fused-ring (bicyclic) bond motifs is 1. The zero-order chi connectivity index (χ0) is 25.1. The summed E-state index contributed by atoms with van der Waals surface area (Å²) in [7, 11) is 0. The average molecular weight is 536 g/mol. The molecular formula is C24H14BrN3O7. The van der Waals surface area contributed by atoms with Crippen molar-refractivity contribution in [3.8, 4) is 11.3 Å². The van der Waals surface area contributed by atoms with Crippen LogP contribution in [0.2, 0.25) is 0 Å². The minimum atomic E-state index is -0.977. The summed E-state index contributed by atoms with van der Waals surface area (Å²) >= 11 is 3.27.